The molecule has 3 aromatic rings. The molecule has 1 aromatic heterocycles. The highest BCUT2D eigenvalue weighted by Crippen LogP contribution is 2.29. The maximum absolute atomic E-state index is 13.5. The first-order chi connectivity index (χ1) is 15.5. The minimum atomic E-state index is -0.419. The minimum Gasteiger partial charge on any atom is -0.494 e. The molecule has 7 nitrogen and oxygen atoms in total. The summed E-state index contributed by atoms with van der Waals surface area (Å²) in [5.41, 5.74) is 3.40. The fourth-order valence-corrected chi connectivity index (χ4v) is 3.48. The van der Waals surface area contributed by atoms with Crippen LogP contribution in [0.2, 0.25) is 0 Å². The lowest BCUT2D eigenvalue weighted by molar-refractivity contribution is 0.0857. The molecule has 0 fully saturated rings. The number of nitrogens with zero attached hydrogens (tertiary/aromatic N) is 3. The Morgan fingerprint density at radius 2 is 2.00 bits per heavy atom. The van der Waals surface area contributed by atoms with Gasteiger partial charge in [0.15, 0.2) is 17.7 Å². The Morgan fingerprint density at radius 3 is 2.78 bits per heavy atom. The number of hydrogen-bond acceptors (Lipinski definition) is 6. The lowest BCUT2D eigenvalue weighted by Gasteiger charge is -2.09. The lowest BCUT2D eigenvalue weighted by atomic mass is 10.0. The predicted octanol–water partition coefficient (Wildman–Crippen LogP) is 3.77. The highest BCUT2D eigenvalue weighted by atomic mass is 19.1. The highest BCUT2D eigenvalue weighted by Gasteiger charge is 2.25. The molecule has 1 aliphatic heterocycles. The van der Waals surface area contributed by atoms with Crippen LogP contribution in [0.25, 0.3) is 0 Å². The van der Waals surface area contributed by atoms with Gasteiger partial charge in [0.25, 0.3) is 5.91 Å². The van der Waals surface area contributed by atoms with Crippen molar-refractivity contribution in [3.8, 4) is 5.75 Å². The quantitative estimate of drug-likeness (QED) is 0.612. The molecule has 1 atom stereocenters. The maximum Gasteiger partial charge on any atom is 0.270 e. The average molecular weight is 434 g/mol. The normalized spacial score (nSPS) is 15.1. The Labute approximate surface area is 185 Å². The fraction of sp³-hybridized carbons (Fsp3) is 0.250. The molecule has 0 radical (unpaired) electrons. The number of benzene rings is 2. The predicted molar refractivity (Wildman–Crippen MR) is 117 cm³/mol. The molecule has 0 aliphatic carbocycles. The third-order valence-electron chi connectivity index (χ3n) is 5.12. The summed E-state index contributed by atoms with van der Waals surface area (Å²) in [7, 11) is 1.42. The Morgan fingerprint density at radius 1 is 1.19 bits per heavy atom. The zero-order valence-corrected chi connectivity index (χ0v) is 17.8. The summed E-state index contributed by atoms with van der Waals surface area (Å²) in [4.78, 5) is 26.9. The van der Waals surface area contributed by atoms with Crippen LogP contribution in [0.15, 0.2) is 59.8 Å². The monoisotopic (exact) mass is 434 g/mol. The molecule has 0 saturated carbocycles. The van der Waals surface area contributed by atoms with Crippen molar-refractivity contribution in [3.05, 3.63) is 88.8 Å². The molecule has 1 N–H and O–H groups in total. The van der Waals surface area contributed by atoms with E-state index in [4.69, 9.17) is 9.57 Å². The van der Waals surface area contributed by atoms with Gasteiger partial charge in [-0.25, -0.2) is 14.4 Å². The van der Waals surface area contributed by atoms with E-state index in [1.165, 1.54) is 13.2 Å². The first-order valence-electron chi connectivity index (χ1n) is 10.3. The highest BCUT2D eigenvalue weighted by molar-refractivity contribution is 6.02. The molecular formula is C24H23FN4O3. The smallest absolute Gasteiger partial charge is 0.270 e. The van der Waals surface area contributed by atoms with Gasteiger partial charge in [0.05, 0.1) is 12.8 Å². The number of nitrogens with one attached hydrogen (secondary N) is 1. The number of methoxy groups -OCH3 is 1. The van der Waals surface area contributed by atoms with E-state index in [2.05, 4.69) is 20.4 Å². The molecule has 2 aromatic carbocycles. The average Bonchev–Trinajstić information content (AvgIpc) is 3.31. The van der Waals surface area contributed by atoms with Crippen molar-refractivity contribution in [3.63, 3.8) is 0 Å². The third-order valence-corrected chi connectivity index (χ3v) is 5.12. The molecule has 32 heavy (non-hydrogen) atoms. The number of carbonyl (C=O) groups excluding carboxylic acids is 1. The van der Waals surface area contributed by atoms with Crippen LogP contribution >= 0.6 is 0 Å². The standard InChI is InChI=1S/C24H23FN4O3/c1-15-27-19(20-14-22(32-29-20)17-6-4-3-5-7-17)13-21(28-15)24(30)26-11-10-16-8-9-18(25)23(12-16)31-2/h3-9,12-13,22H,10-11,14H2,1-2H3,(H,26,30)/t22-/m0/s1. The van der Waals surface area contributed by atoms with Crippen LogP contribution in [-0.4, -0.2) is 35.2 Å². The minimum absolute atomic E-state index is 0.175. The SMILES string of the molecule is COc1cc(CCNC(=O)c2cc(C3=NO[C@H](c4ccccc4)C3)nc(C)n2)ccc1F. The second-order valence-electron chi connectivity index (χ2n) is 7.41. The summed E-state index contributed by atoms with van der Waals surface area (Å²) in [5.74, 6) is -0.0809. The number of amides is 1. The molecule has 0 saturated heterocycles. The van der Waals surface area contributed by atoms with Gasteiger partial charge in [-0.15, -0.1) is 0 Å². The number of aryl methyl sites for hydroxylation is 1. The second kappa shape index (κ2) is 9.55. The molecule has 0 spiro atoms. The van der Waals surface area contributed by atoms with Crippen molar-refractivity contribution in [2.24, 2.45) is 5.16 Å². The van der Waals surface area contributed by atoms with Crippen molar-refractivity contribution in [2.45, 2.75) is 25.9 Å². The Balaban J connectivity index is 1.39. The van der Waals surface area contributed by atoms with E-state index in [-0.39, 0.29) is 23.5 Å². The topological polar surface area (TPSA) is 85.7 Å². The summed E-state index contributed by atoms with van der Waals surface area (Å²) in [5, 5.41) is 7.03. The lowest BCUT2D eigenvalue weighted by Crippen LogP contribution is -2.27. The number of ether oxygens (including phenoxy) is 1. The molecule has 0 bridgehead atoms. The Hall–Kier alpha value is -3.81. The Kier molecular flexibility index (Phi) is 6.39. The van der Waals surface area contributed by atoms with Crippen LogP contribution in [0.4, 0.5) is 4.39 Å². The molecule has 164 valence electrons. The van der Waals surface area contributed by atoms with Crippen molar-refractivity contribution in [2.75, 3.05) is 13.7 Å². The van der Waals surface area contributed by atoms with Crippen molar-refractivity contribution in [1.29, 1.82) is 0 Å². The maximum atomic E-state index is 13.5. The molecule has 0 unspecified atom stereocenters. The van der Waals surface area contributed by atoms with Crippen LogP contribution in [0, 0.1) is 12.7 Å². The van der Waals surface area contributed by atoms with Crippen LogP contribution in [0.1, 0.15) is 45.7 Å². The van der Waals surface area contributed by atoms with Gasteiger partial charge in [-0.1, -0.05) is 41.6 Å². The van der Waals surface area contributed by atoms with Crippen molar-refractivity contribution < 1.29 is 18.8 Å². The molecular weight excluding hydrogens is 411 g/mol. The number of rotatable bonds is 7. The number of halogens is 1. The van der Waals surface area contributed by atoms with Gasteiger partial charge in [-0.05, 0) is 42.7 Å². The number of carbonyl (C=O) groups is 1. The van der Waals surface area contributed by atoms with Gasteiger partial charge in [0.2, 0.25) is 0 Å². The van der Waals surface area contributed by atoms with E-state index in [9.17, 15) is 9.18 Å². The van der Waals surface area contributed by atoms with E-state index in [0.717, 1.165) is 11.1 Å². The number of aromatic nitrogens is 2. The molecule has 1 aliphatic rings. The number of oxime groups is 1. The van der Waals surface area contributed by atoms with Gasteiger partial charge < -0.3 is 14.9 Å². The first kappa shape index (κ1) is 21.4. The van der Waals surface area contributed by atoms with Gasteiger partial charge in [-0.3, -0.25) is 4.79 Å². The number of hydrogen-bond donors (Lipinski definition) is 1. The van der Waals surface area contributed by atoms with Gasteiger partial charge in [0.1, 0.15) is 17.2 Å². The van der Waals surface area contributed by atoms with Crippen molar-refractivity contribution in [1.82, 2.24) is 15.3 Å². The van der Waals surface area contributed by atoms with Gasteiger partial charge in [-0.2, -0.15) is 0 Å². The summed E-state index contributed by atoms with van der Waals surface area (Å²) in [6, 6.07) is 16.1. The molecule has 2 heterocycles. The van der Waals surface area contributed by atoms with E-state index >= 15 is 0 Å². The Bertz CT molecular complexity index is 1150. The van der Waals surface area contributed by atoms with E-state index in [1.54, 1.807) is 25.1 Å². The second-order valence-corrected chi connectivity index (χ2v) is 7.41. The van der Waals surface area contributed by atoms with Gasteiger partial charge in [0, 0.05) is 13.0 Å². The summed E-state index contributed by atoms with van der Waals surface area (Å²) < 4.78 is 18.5. The van der Waals surface area contributed by atoms with Gasteiger partial charge >= 0.3 is 0 Å². The molecule has 8 heteroatoms. The van der Waals surface area contributed by atoms with E-state index < -0.39 is 5.82 Å². The van der Waals surface area contributed by atoms with Crippen LogP contribution in [0.5, 0.6) is 5.75 Å². The zero-order chi connectivity index (χ0) is 22.5. The van der Waals surface area contributed by atoms with E-state index in [0.29, 0.717) is 36.6 Å². The third kappa shape index (κ3) is 4.91. The molecule has 4 rings (SSSR count). The fourth-order valence-electron chi connectivity index (χ4n) is 3.48. The summed E-state index contributed by atoms with van der Waals surface area (Å²) >= 11 is 0. The molecule has 1 amide bonds. The van der Waals surface area contributed by atoms with E-state index in [1.807, 2.05) is 30.3 Å². The largest absolute Gasteiger partial charge is 0.494 e. The summed E-state index contributed by atoms with van der Waals surface area (Å²) in [6.45, 7) is 2.10. The first-order valence-corrected chi connectivity index (χ1v) is 10.3. The summed E-state index contributed by atoms with van der Waals surface area (Å²) in [6.07, 6.45) is 0.915. The van der Waals surface area contributed by atoms with Crippen LogP contribution < -0.4 is 10.1 Å². The van der Waals surface area contributed by atoms with Crippen molar-refractivity contribution >= 4 is 11.6 Å². The van der Waals surface area contributed by atoms with Crippen LogP contribution in [0.3, 0.4) is 0 Å². The van der Waals surface area contributed by atoms with Crippen LogP contribution in [-0.2, 0) is 11.3 Å². The zero-order valence-electron chi connectivity index (χ0n) is 17.8.